The van der Waals surface area contributed by atoms with Gasteiger partial charge in [0.15, 0.2) is 0 Å². The zero-order chi connectivity index (χ0) is 22.0. The summed E-state index contributed by atoms with van der Waals surface area (Å²) in [6, 6.07) is 5.07. The summed E-state index contributed by atoms with van der Waals surface area (Å²) in [5.74, 6) is 0.293. The molecular weight excluding hydrogens is 374 g/mol. The molecule has 0 saturated carbocycles. The van der Waals surface area contributed by atoms with E-state index in [2.05, 4.69) is 6.92 Å². The number of nitrogen functional groups attached to an aromatic ring is 1. The molecule has 0 bridgehead atoms. The largest absolute Gasteiger partial charge is 0.489 e. The zero-order valence-corrected chi connectivity index (χ0v) is 19.7. The Labute approximate surface area is 184 Å². The van der Waals surface area contributed by atoms with Crippen molar-refractivity contribution in [2.24, 2.45) is 0 Å². The molecule has 1 aromatic carbocycles. The topological polar surface area (TPSA) is 61.5 Å². The summed E-state index contributed by atoms with van der Waals surface area (Å²) >= 11 is 0. The van der Waals surface area contributed by atoms with E-state index in [0.29, 0.717) is 23.6 Å². The van der Waals surface area contributed by atoms with Crippen LogP contribution in [0.15, 0.2) is 18.2 Å². The molecule has 4 nitrogen and oxygen atoms in total. The number of esters is 1. The van der Waals surface area contributed by atoms with Gasteiger partial charge in [0, 0.05) is 0 Å². The predicted molar refractivity (Wildman–Crippen MR) is 127 cm³/mol. The first-order valence-corrected chi connectivity index (χ1v) is 12.3. The zero-order valence-electron chi connectivity index (χ0n) is 19.7. The van der Waals surface area contributed by atoms with Gasteiger partial charge in [-0.3, -0.25) is 0 Å². The van der Waals surface area contributed by atoms with E-state index < -0.39 is 0 Å². The number of anilines is 1. The van der Waals surface area contributed by atoms with E-state index in [1.807, 2.05) is 13.8 Å². The second-order valence-electron chi connectivity index (χ2n) is 8.65. The monoisotopic (exact) mass is 419 g/mol. The molecule has 0 radical (unpaired) electrons. The molecule has 0 aliphatic carbocycles. The summed E-state index contributed by atoms with van der Waals surface area (Å²) in [7, 11) is 0. The summed E-state index contributed by atoms with van der Waals surface area (Å²) in [5.41, 5.74) is 6.91. The normalized spacial score (nSPS) is 11.1. The number of rotatable bonds is 18. The highest BCUT2D eigenvalue weighted by molar-refractivity contribution is 5.91. The molecule has 0 aromatic heterocycles. The van der Waals surface area contributed by atoms with Gasteiger partial charge in [0.05, 0.1) is 24.0 Å². The van der Waals surface area contributed by atoms with Crippen LogP contribution in [0.4, 0.5) is 5.69 Å². The Balaban J connectivity index is 1.98. The maximum Gasteiger partial charge on any atom is 0.338 e. The average Bonchev–Trinajstić information content (AvgIpc) is 2.72. The third-order valence-corrected chi connectivity index (χ3v) is 5.34. The second-order valence-corrected chi connectivity index (χ2v) is 8.65. The lowest BCUT2D eigenvalue weighted by Gasteiger charge is -2.13. The summed E-state index contributed by atoms with van der Waals surface area (Å²) in [4.78, 5) is 12.1. The van der Waals surface area contributed by atoms with Crippen molar-refractivity contribution in [2.45, 2.75) is 117 Å². The molecule has 0 spiro atoms. The van der Waals surface area contributed by atoms with Crippen LogP contribution in [0.1, 0.15) is 121 Å². The van der Waals surface area contributed by atoms with E-state index >= 15 is 0 Å². The molecule has 0 amide bonds. The Hall–Kier alpha value is -1.71. The van der Waals surface area contributed by atoms with Gasteiger partial charge in [0.1, 0.15) is 5.75 Å². The number of hydrogen-bond acceptors (Lipinski definition) is 4. The van der Waals surface area contributed by atoms with Crippen molar-refractivity contribution < 1.29 is 14.3 Å². The molecule has 0 aliphatic heterocycles. The molecule has 30 heavy (non-hydrogen) atoms. The first-order chi connectivity index (χ1) is 14.5. The molecule has 0 heterocycles. The number of carbonyl (C=O) groups excluding carboxylic acids is 1. The molecular formula is C26H45NO3. The van der Waals surface area contributed by atoms with Crippen LogP contribution in [0.5, 0.6) is 5.75 Å². The van der Waals surface area contributed by atoms with Crippen LogP contribution in [0, 0.1) is 0 Å². The highest BCUT2D eigenvalue weighted by Crippen LogP contribution is 2.24. The molecule has 0 atom stereocenters. The van der Waals surface area contributed by atoms with E-state index in [1.54, 1.807) is 18.2 Å². The lowest BCUT2D eigenvalue weighted by molar-refractivity contribution is 0.0497. The molecule has 4 heteroatoms. The van der Waals surface area contributed by atoms with Crippen LogP contribution in [-0.2, 0) is 4.74 Å². The number of carbonyl (C=O) groups is 1. The molecule has 0 fully saturated rings. The van der Waals surface area contributed by atoms with Crippen molar-refractivity contribution in [1.82, 2.24) is 0 Å². The summed E-state index contributed by atoms with van der Waals surface area (Å²) < 4.78 is 11.0. The second kappa shape index (κ2) is 17.0. The SMILES string of the molecule is CCCCCCCCCCCCCCCCOC(=O)c1ccc(OC(C)C)c(N)c1. The van der Waals surface area contributed by atoms with Gasteiger partial charge in [-0.05, 0) is 38.5 Å². The van der Waals surface area contributed by atoms with Crippen LogP contribution in [0.2, 0.25) is 0 Å². The summed E-state index contributed by atoms with van der Waals surface area (Å²) in [6.07, 6.45) is 18.5. The predicted octanol–water partition coefficient (Wildman–Crippen LogP) is 7.69. The van der Waals surface area contributed by atoms with Gasteiger partial charge >= 0.3 is 5.97 Å². The smallest absolute Gasteiger partial charge is 0.338 e. The van der Waals surface area contributed by atoms with E-state index in [1.165, 1.54) is 77.0 Å². The Morgan fingerprint density at radius 2 is 1.33 bits per heavy atom. The molecule has 0 saturated heterocycles. The van der Waals surface area contributed by atoms with E-state index in [-0.39, 0.29) is 12.1 Å². The third kappa shape index (κ3) is 12.8. The first-order valence-electron chi connectivity index (χ1n) is 12.3. The van der Waals surface area contributed by atoms with Crippen molar-refractivity contribution in [3.05, 3.63) is 23.8 Å². The summed E-state index contributed by atoms with van der Waals surface area (Å²) in [6.45, 7) is 6.63. The lowest BCUT2D eigenvalue weighted by Crippen LogP contribution is -2.10. The number of unbranched alkanes of at least 4 members (excludes halogenated alkanes) is 13. The van der Waals surface area contributed by atoms with Gasteiger partial charge in [-0.2, -0.15) is 0 Å². The van der Waals surface area contributed by atoms with Crippen molar-refractivity contribution in [2.75, 3.05) is 12.3 Å². The number of nitrogens with two attached hydrogens (primary N) is 1. The van der Waals surface area contributed by atoms with Crippen molar-refractivity contribution in [3.8, 4) is 5.75 Å². The van der Waals surface area contributed by atoms with Crippen LogP contribution in [0.25, 0.3) is 0 Å². The van der Waals surface area contributed by atoms with Crippen LogP contribution >= 0.6 is 0 Å². The first kappa shape index (κ1) is 26.3. The Bertz CT molecular complexity index is 571. The van der Waals surface area contributed by atoms with E-state index in [0.717, 1.165) is 12.8 Å². The molecule has 2 N–H and O–H groups in total. The Morgan fingerprint density at radius 1 is 0.833 bits per heavy atom. The van der Waals surface area contributed by atoms with Crippen molar-refractivity contribution in [3.63, 3.8) is 0 Å². The number of benzene rings is 1. The average molecular weight is 420 g/mol. The highest BCUT2D eigenvalue weighted by Gasteiger charge is 2.11. The van der Waals surface area contributed by atoms with Gasteiger partial charge in [-0.15, -0.1) is 0 Å². The van der Waals surface area contributed by atoms with E-state index in [9.17, 15) is 4.79 Å². The molecule has 172 valence electrons. The summed E-state index contributed by atoms with van der Waals surface area (Å²) in [5, 5.41) is 0. The van der Waals surface area contributed by atoms with Crippen LogP contribution in [0.3, 0.4) is 0 Å². The Morgan fingerprint density at radius 3 is 1.80 bits per heavy atom. The van der Waals surface area contributed by atoms with Crippen LogP contribution in [-0.4, -0.2) is 18.7 Å². The van der Waals surface area contributed by atoms with Crippen molar-refractivity contribution >= 4 is 11.7 Å². The molecule has 0 aliphatic rings. The number of hydrogen-bond donors (Lipinski definition) is 1. The van der Waals surface area contributed by atoms with Gasteiger partial charge in [0.25, 0.3) is 0 Å². The molecule has 0 unspecified atom stereocenters. The quantitative estimate of drug-likeness (QED) is 0.150. The minimum atomic E-state index is -0.313. The fourth-order valence-electron chi connectivity index (χ4n) is 3.58. The number of ether oxygens (including phenoxy) is 2. The van der Waals surface area contributed by atoms with E-state index in [4.69, 9.17) is 15.2 Å². The fourth-order valence-corrected chi connectivity index (χ4v) is 3.58. The van der Waals surface area contributed by atoms with Gasteiger partial charge in [-0.25, -0.2) is 4.79 Å². The van der Waals surface area contributed by atoms with Gasteiger partial charge in [-0.1, -0.05) is 90.4 Å². The highest BCUT2D eigenvalue weighted by atomic mass is 16.5. The fraction of sp³-hybridized carbons (Fsp3) is 0.731. The van der Waals surface area contributed by atoms with Crippen molar-refractivity contribution in [1.29, 1.82) is 0 Å². The van der Waals surface area contributed by atoms with Crippen LogP contribution < -0.4 is 10.5 Å². The Kier molecular flexibility index (Phi) is 14.9. The standard InChI is InChI=1S/C26H45NO3/c1-4-5-6-7-8-9-10-11-12-13-14-15-16-17-20-29-26(28)23-18-19-25(24(27)21-23)30-22(2)3/h18-19,21-22H,4-17,20,27H2,1-3H3. The molecule has 1 aromatic rings. The lowest BCUT2D eigenvalue weighted by atomic mass is 10.0. The molecule has 1 rings (SSSR count). The van der Waals surface area contributed by atoms with Gasteiger partial charge < -0.3 is 15.2 Å². The maximum absolute atomic E-state index is 12.1. The minimum Gasteiger partial charge on any atom is -0.489 e. The minimum absolute atomic E-state index is 0.0467. The van der Waals surface area contributed by atoms with Gasteiger partial charge in [0.2, 0.25) is 0 Å². The maximum atomic E-state index is 12.1. The third-order valence-electron chi connectivity index (χ3n) is 5.34.